The maximum atomic E-state index is 11.3. The van der Waals surface area contributed by atoms with Gasteiger partial charge in [-0.1, -0.05) is 23.7 Å². The van der Waals surface area contributed by atoms with Gasteiger partial charge in [-0.3, -0.25) is 4.79 Å². The average Bonchev–Trinajstić information content (AvgIpc) is 2.18. The van der Waals surface area contributed by atoms with Gasteiger partial charge in [0.1, 0.15) is 0 Å². The molecule has 82 valence electrons. The summed E-state index contributed by atoms with van der Waals surface area (Å²) in [5.41, 5.74) is 1.03. The van der Waals surface area contributed by atoms with E-state index in [1.54, 1.807) is 12.1 Å². The van der Waals surface area contributed by atoms with E-state index in [2.05, 4.69) is 5.32 Å². The first kappa shape index (κ1) is 12.3. The van der Waals surface area contributed by atoms with Gasteiger partial charge in [0, 0.05) is 17.3 Å². The fraction of sp³-hybridized carbons (Fsp3) is 0.364. The van der Waals surface area contributed by atoms with Crippen molar-refractivity contribution in [3.63, 3.8) is 0 Å². The van der Waals surface area contributed by atoms with Crippen molar-refractivity contribution in [1.82, 2.24) is 5.32 Å². The Balaban J connectivity index is 2.57. The third-order valence-corrected chi connectivity index (χ3v) is 2.51. The van der Waals surface area contributed by atoms with Crippen LogP contribution in [0.3, 0.4) is 0 Å². The second-order valence-electron chi connectivity index (χ2n) is 3.28. The van der Waals surface area contributed by atoms with Crippen molar-refractivity contribution < 1.29 is 4.79 Å². The minimum Gasteiger partial charge on any atom is -0.350 e. The molecule has 0 spiro atoms. The zero-order chi connectivity index (χ0) is 11.3. The number of carbonyl (C=O) groups excluding carboxylic acids is 1. The molecule has 0 unspecified atom stereocenters. The Morgan fingerprint density at radius 1 is 1.40 bits per heavy atom. The smallest absolute Gasteiger partial charge is 0.221 e. The zero-order valence-corrected chi connectivity index (χ0v) is 9.98. The molecule has 0 radical (unpaired) electrons. The molecule has 4 heteroatoms. The number of amides is 1. The molecule has 0 saturated carbocycles. The van der Waals surface area contributed by atoms with E-state index in [1.807, 2.05) is 19.1 Å². The fourth-order valence-corrected chi connectivity index (χ4v) is 1.53. The molecular formula is C11H13Cl2NO. The van der Waals surface area contributed by atoms with E-state index in [0.29, 0.717) is 17.3 Å². The first-order valence-corrected chi connectivity index (χ1v) is 5.65. The van der Waals surface area contributed by atoms with Gasteiger partial charge in [0.2, 0.25) is 5.91 Å². The van der Waals surface area contributed by atoms with E-state index in [9.17, 15) is 4.79 Å². The number of nitrogens with one attached hydrogen (secondary N) is 1. The molecule has 0 saturated heterocycles. The number of hydrogen-bond acceptors (Lipinski definition) is 1. The Bertz CT molecular complexity index is 324. The molecule has 1 rings (SSSR count). The highest BCUT2D eigenvalue weighted by Crippen LogP contribution is 2.15. The number of alkyl halides is 1. The van der Waals surface area contributed by atoms with Crippen LogP contribution in [-0.2, 0) is 4.79 Å². The highest BCUT2D eigenvalue weighted by atomic mass is 35.5. The number of rotatable bonds is 4. The van der Waals surface area contributed by atoms with Crippen LogP contribution in [0.4, 0.5) is 0 Å². The molecule has 1 N–H and O–H groups in total. The second-order valence-corrected chi connectivity index (χ2v) is 4.09. The molecule has 0 aliphatic rings. The normalized spacial score (nSPS) is 12.2. The summed E-state index contributed by atoms with van der Waals surface area (Å²) < 4.78 is 0. The van der Waals surface area contributed by atoms with E-state index in [-0.39, 0.29) is 11.9 Å². The Kier molecular flexibility index (Phi) is 4.92. The third-order valence-electron chi connectivity index (χ3n) is 2.07. The lowest BCUT2D eigenvalue weighted by molar-refractivity contribution is -0.121. The van der Waals surface area contributed by atoms with Crippen LogP contribution in [0, 0.1) is 0 Å². The first-order chi connectivity index (χ1) is 7.13. The van der Waals surface area contributed by atoms with E-state index in [0.717, 1.165) is 5.56 Å². The molecule has 0 bridgehead atoms. The SMILES string of the molecule is C[C@@H](NC(=O)CCCl)c1ccc(Cl)cc1. The number of carbonyl (C=O) groups is 1. The molecule has 1 aromatic carbocycles. The van der Waals surface area contributed by atoms with E-state index in [1.165, 1.54) is 0 Å². The molecule has 0 aromatic heterocycles. The van der Waals surface area contributed by atoms with Crippen molar-refractivity contribution in [3.05, 3.63) is 34.9 Å². The molecule has 0 fully saturated rings. The van der Waals surface area contributed by atoms with Gasteiger partial charge >= 0.3 is 0 Å². The maximum absolute atomic E-state index is 11.3. The monoisotopic (exact) mass is 245 g/mol. The molecule has 1 aromatic rings. The number of hydrogen-bond donors (Lipinski definition) is 1. The summed E-state index contributed by atoms with van der Waals surface area (Å²) in [4.78, 5) is 11.3. The standard InChI is InChI=1S/C11H13Cl2NO/c1-8(14-11(15)6-7-12)9-2-4-10(13)5-3-9/h2-5,8H,6-7H2,1H3,(H,14,15)/t8-/m1/s1. The van der Waals surface area contributed by atoms with Gasteiger partial charge in [0.25, 0.3) is 0 Å². The zero-order valence-electron chi connectivity index (χ0n) is 8.47. The largest absolute Gasteiger partial charge is 0.350 e. The van der Waals surface area contributed by atoms with Gasteiger partial charge in [-0.15, -0.1) is 11.6 Å². The lowest BCUT2D eigenvalue weighted by Gasteiger charge is -2.13. The molecule has 15 heavy (non-hydrogen) atoms. The van der Waals surface area contributed by atoms with Crippen LogP contribution in [0.5, 0.6) is 0 Å². The Labute approximate surface area is 99.6 Å². The topological polar surface area (TPSA) is 29.1 Å². The summed E-state index contributed by atoms with van der Waals surface area (Å²) >= 11 is 11.2. The molecular weight excluding hydrogens is 233 g/mol. The highest BCUT2D eigenvalue weighted by Gasteiger charge is 2.08. The Morgan fingerprint density at radius 3 is 2.53 bits per heavy atom. The van der Waals surface area contributed by atoms with Crippen molar-refractivity contribution in [3.8, 4) is 0 Å². The lowest BCUT2D eigenvalue weighted by atomic mass is 10.1. The predicted octanol–water partition coefficient (Wildman–Crippen LogP) is 3.15. The summed E-state index contributed by atoms with van der Waals surface area (Å²) in [6.07, 6.45) is 0.347. The van der Waals surface area contributed by atoms with Crippen LogP contribution in [0.15, 0.2) is 24.3 Å². The highest BCUT2D eigenvalue weighted by molar-refractivity contribution is 6.30. The summed E-state index contributed by atoms with van der Waals surface area (Å²) in [5, 5.41) is 3.54. The summed E-state index contributed by atoms with van der Waals surface area (Å²) in [7, 11) is 0. The van der Waals surface area contributed by atoms with Gasteiger partial charge in [-0.2, -0.15) is 0 Å². The number of benzene rings is 1. The van der Waals surface area contributed by atoms with Gasteiger partial charge in [-0.05, 0) is 24.6 Å². The van der Waals surface area contributed by atoms with E-state index >= 15 is 0 Å². The third kappa shape index (κ3) is 4.10. The minimum atomic E-state index is -0.0348. The molecule has 0 aliphatic heterocycles. The van der Waals surface area contributed by atoms with Gasteiger partial charge in [0.05, 0.1) is 6.04 Å². The minimum absolute atomic E-state index is 0.0158. The van der Waals surface area contributed by atoms with Crippen LogP contribution in [0.25, 0.3) is 0 Å². The number of halogens is 2. The molecule has 1 amide bonds. The summed E-state index contributed by atoms with van der Waals surface area (Å²) in [6.45, 7) is 1.93. The van der Waals surface area contributed by atoms with Crippen LogP contribution in [0.2, 0.25) is 5.02 Å². The quantitative estimate of drug-likeness (QED) is 0.812. The first-order valence-electron chi connectivity index (χ1n) is 4.74. The van der Waals surface area contributed by atoms with E-state index in [4.69, 9.17) is 23.2 Å². The summed E-state index contributed by atoms with van der Waals surface area (Å²) in [5.74, 6) is 0.312. The maximum Gasteiger partial charge on any atom is 0.221 e. The Hall–Kier alpha value is -0.730. The van der Waals surface area contributed by atoms with Crippen molar-refractivity contribution in [2.24, 2.45) is 0 Å². The predicted molar refractivity (Wildman–Crippen MR) is 63.3 cm³/mol. The van der Waals surface area contributed by atoms with Crippen molar-refractivity contribution >= 4 is 29.1 Å². The van der Waals surface area contributed by atoms with Gasteiger partial charge in [0.15, 0.2) is 0 Å². The Morgan fingerprint density at radius 2 is 2.00 bits per heavy atom. The van der Waals surface area contributed by atoms with Crippen molar-refractivity contribution in [1.29, 1.82) is 0 Å². The van der Waals surface area contributed by atoms with Crippen LogP contribution in [0.1, 0.15) is 24.9 Å². The fourth-order valence-electron chi connectivity index (χ4n) is 1.23. The van der Waals surface area contributed by atoms with Crippen LogP contribution < -0.4 is 5.32 Å². The molecule has 0 heterocycles. The van der Waals surface area contributed by atoms with Crippen molar-refractivity contribution in [2.45, 2.75) is 19.4 Å². The van der Waals surface area contributed by atoms with Crippen molar-refractivity contribution in [2.75, 3.05) is 5.88 Å². The van der Waals surface area contributed by atoms with E-state index < -0.39 is 0 Å². The van der Waals surface area contributed by atoms with Gasteiger partial charge < -0.3 is 5.32 Å². The average molecular weight is 246 g/mol. The molecule has 2 nitrogen and oxygen atoms in total. The lowest BCUT2D eigenvalue weighted by Crippen LogP contribution is -2.26. The van der Waals surface area contributed by atoms with Crippen LogP contribution >= 0.6 is 23.2 Å². The molecule has 1 atom stereocenters. The summed E-state index contributed by atoms with van der Waals surface area (Å²) in [6, 6.07) is 7.39. The molecule has 0 aliphatic carbocycles. The second kappa shape index (κ2) is 5.99. The van der Waals surface area contributed by atoms with Crippen LogP contribution in [-0.4, -0.2) is 11.8 Å². The van der Waals surface area contributed by atoms with Gasteiger partial charge in [-0.25, -0.2) is 0 Å².